The summed E-state index contributed by atoms with van der Waals surface area (Å²) >= 11 is 0. The summed E-state index contributed by atoms with van der Waals surface area (Å²) in [7, 11) is -1.91. The molecule has 0 aliphatic heterocycles. The minimum atomic E-state index is -3.46. The van der Waals surface area contributed by atoms with E-state index in [0.29, 0.717) is 11.4 Å². The lowest BCUT2D eigenvalue weighted by molar-refractivity contribution is 0.414. The van der Waals surface area contributed by atoms with Crippen LogP contribution in [0.1, 0.15) is 0 Å². The van der Waals surface area contributed by atoms with Crippen LogP contribution in [-0.2, 0) is 9.84 Å². The van der Waals surface area contributed by atoms with Gasteiger partial charge in [0.15, 0.2) is 0 Å². The summed E-state index contributed by atoms with van der Waals surface area (Å²) in [6.07, 6.45) is 1.05. The largest absolute Gasteiger partial charge is 0.497 e. The molecule has 0 bridgehead atoms. The summed E-state index contributed by atoms with van der Waals surface area (Å²) in [5, 5.41) is 10.3. The fraction of sp³-hybridized carbons (Fsp3) is 0.222. The molecule has 0 saturated carbocycles. The number of aromatic nitrogens is 4. The average molecular weight is 254 g/mol. The van der Waals surface area contributed by atoms with Crippen molar-refractivity contribution in [3.8, 4) is 11.4 Å². The number of hydrogen-bond acceptors (Lipinski definition) is 6. The number of sulfone groups is 1. The molecule has 90 valence electrons. The molecule has 0 radical (unpaired) electrons. The highest BCUT2D eigenvalue weighted by atomic mass is 32.2. The van der Waals surface area contributed by atoms with Crippen LogP contribution >= 0.6 is 0 Å². The van der Waals surface area contributed by atoms with Gasteiger partial charge in [-0.05, 0) is 34.7 Å². The van der Waals surface area contributed by atoms with Gasteiger partial charge in [0.1, 0.15) is 5.75 Å². The van der Waals surface area contributed by atoms with Crippen LogP contribution < -0.4 is 4.74 Å². The number of tetrazole rings is 1. The van der Waals surface area contributed by atoms with Crippen molar-refractivity contribution in [2.75, 3.05) is 13.4 Å². The summed E-state index contributed by atoms with van der Waals surface area (Å²) in [5.74, 6) is 0.669. The van der Waals surface area contributed by atoms with E-state index in [1.54, 1.807) is 31.4 Å². The SMILES string of the molecule is COc1ccc(-n2nnnc2S(C)(=O)=O)cc1. The van der Waals surface area contributed by atoms with Crippen LogP contribution in [0, 0.1) is 0 Å². The van der Waals surface area contributed by atoms with Gasteiger partial charge >= 0.3 is 0 Å². The maximum Gasteiger partial charge on any atom is 0.272 e. The Labute approximate surface area is 97.9 Å². The average Bonchev–Trinajstić information content (AvgIpc) is 2.78. The molecule has 0 atom stereocenters. The van der Waals surface area contributed by atoms with Gasteiger partial charge in [0.2, 0.25) is 9.84 Å². The summed E-state index contributed by atoms with van der Waals surface area (Å²) in [4.78, 5) is 0. The van der Waals surface area contributed by atoms with Crippen molar-refractivity contribution >= 4 is 9.84 Å². The smallest absolute Gasteiger partial charge is 0.272 e. The molecule has 0 aliphatic rings. The molecule has 1 aromatic heterocycles. The predicted octanol–water partition coefficient (Wildman–Crippen LogP) is 0.0744. The van der Waals surface area contributed by atoms with Gasteiger partial charge < -0.3 is 4.74 Å². The normalized spacial score (nSPS) is 11.4. The molecule has 1 heterocycles. The fourth-order valence-corrected chi connectivity index (χ4v) is 1.94. The first-order chi connectivity index (χ1) is 8.02. The summed E-state index contributed by atoms with van der Waals surface area (Å²) in [5.41, 5.74) is 0.552. The first kappa shape index (κ1) is 11.5. The lowest BCUT2D eigenvalue weighted by atomic mass is 10.3. The number of methoxy groups -OCH3 is 1. The third-order valence-electron chi connectivity index (χ3n) is 2.09. The number of ether oxygens (including phenoxy) is 1. The van der Waals surface area contributed by atoms with Crippen molar-refractivity contribution in [3.63, 3.8) is 0 Å². The van der Waals surface area contributed by atoms with Crippen LogP contribution in [0.2, 0.25) is 0 Å². The number of rotatable bonds is 3. The second-order valence-corrected chi connectivity index (χ2v) is 5.25. The summed E-state index contributed by atoms with van der Waals surface area (Å²) in [6, 6.07) is 6.74. The minimum Gasteiger partial charge on any atom is -0.497 e. The third kappa shape index (κ3) is 2.26. The van der Waals surface area contributed by atoms with Crippen LogP contribution in [0.4, 0.5) is 0 Å². The first-order valence-electron chi connectivity index (χ1n) is 4.65. The molecule has 8 heteroatoms. The Morgan fingerprint density at radius 1 is 1.24 bits per heavy atom. The van der Waals surface area contributed by atoms with E-state index >= 15 is 0 Å². The second kappa shape index (κ2) is 4.13. The standard InChI is InChI=1S/C9H10N4O3S/c1-16-8-5-3-7(4-6-8)13-9(10-11-12-13)17(2,14)15/h3-6H,1-2H3. The van der Waals surface area contributed by atoms with E-state index in [9.17, 15) is 8.42 Å². The Balaban J connectivity index is 2.50. The second-order valence-electron chi connectivity index (χ2n) is 3.34. The predicted molar refractivity (Wildman–Crippen MR) is 58.8 cm³/mol. The molecular formula is C9H10N4O3S. The van der Waals surface area contributed by atoms with Crippen LogP contribution in [0.25, 0.3) is 5.69 Å². The zero-order valence-electron chi connectivity index (χ0n) is 9.23. The third-order valence-corrected chi connectivity index (χ3v) is 3.01. The van der Waals surface area contributed by atoms with Crippen molar-refractivity contribution in [2.24, 2.45) is 0 Å². The fourth-order valence-electron chi connectivity index (χ4n) is 1.30. The molecule has 0 N–H and O–H groups in total. The van der Waals surface area contributed by atoms with Gasteiger partial charge in [0.05, 0.1) is 12.8 Å². The van der Waals surface area contributed by atoms with Crippen LogP contribution in [0.15, 0.2) is 29.4 Å². The molecule has 0 fully saturated rings. The van der Waals surface area contributed by atoms with Crippen LogP contribution in [0.3, 0.4) is 0 Å². The summed E-state index contributed by atoms with van der Waals surface area (Å²) < 4.78 is 29.0. The summed E-state index contributed by atoms with van der Waals surface area (Å²) in [6.45, 7) is 0. The van der Waals surface area contributed by atoms with E-state index < -0.39 is 9.84 Å². The van der Waals surface area contributed by atoms with E-state index in [2.05, 4.69) is 15.5 Å². The van der Waals surface area contributed by atoms with Crippen LogP contribution in [-0.4, -0.2) is 42.0 Å². The Kier molecular flexibility index (Phi) is 2.80. The molecule has 2 rings (SSSR count). The van der Waals surface area contributed by atoms with Crippen LogP contribution in [0.5, 0.6) is 5.75 Å². The highest BCUT2D eigenvalue weighted by Gasteiger charge is 2.18. The molecule has 0 amide bonds. The van der Waals surface area contributed by atoms with Gasteiger partial charge in [-0.25, -0.2) is 8.42 Å². The molecule has 0 aliphatic carbocycles. The zero-order chi connectivity index (χ0) is 12.5. The number of benzene rings is 1. The molecule has 1 aromatic carbocycles. The van der Waals surface area contributed by atoms with Gasteiger partial charge in [-0.1, -0.05) is 5.10 Å². The highest BCUT2D eigenvalue weighted by Crippen LogP contribution is 2.16. The monoisotopic (exact) mass is 254 g/mol. The molecule has 0 spiro atoms. The molecule has 7 nitrogen and oxygen atoms in total. The van der Waals surface area contributed by atoms with Crippen molar-refractivity contribution < 1.29 is 13.2 Å². The van der Waals surface area contributed by atoms with Gasteiger partial charge in [-0.15, -0.1) is 0 Å². The minimum absolute atomic E-state index is 0.192. The van der Waals surface area contributed by atoms with Gasteiger partial charge in [-0.2, -0.15) is 4.68 Å². The zero-order valence-corrected chi connectivity index (χ0v) is 10.0. The molecule has 0 saturated heterocycles. The maximum atomic E-state index is 11.4. The van der Waals surface area contributed by atoms with Crippen molar-refractivity contribution in [3.05, 3.63) is 24.3 Å². The topological polar surface area (TPSA) is 87.0 Å². The number of hydrogen-bond donors (Lipinski definition) is 0. The Morgan fingerprint density at radius 3 is 2.41 bits per heavy atom. The lowest BCUT2D eigenvalue weighted by Crippen LogP contribution is -2.08. The molecule has 17 heavy (non-hydrogen) atoms. The van der Waals surface area contributed by atoms with Gasteiger partial charge in [0.25, 0.3) is 5.16 Å². The van der Waals surface area contributed by atoms with Crippen molar-refractivity contribution in [1.82, 2.24) is 20.2 Å². The Bertz CT molecular complexity index is 618. The maximum absolute atomic E-state index is 11.4. The van der Waals surface area contributed by atoms with Crippen molar-refractivity contribution in [2.45, 2.75) is 5.16 Å². The van der Waals surface area contributed by atoms with E-state index in [-0.39, 0.29) is 5.16 Å². The van der Waals surface area contributed by atoms with E-state index in [4.69, 9.17) is 4.74 Å². The molecule has 2 aromatic rings. The molecular weight excluding hydrogens is 244 g/mol. The Hall–Kier alpha value is -1.96. The Morgan fingerprint density at radius 2 is 1.88 bits per heavy atom. The quantitative estimate of drug-likeness (QED) is 0.770. The van der Waals surface area contributed by atoms with E-state index in [1.807, 2.05) is 0 Å². The van der Waals surface area contributed by atoms with E-state index in [1.165, 1.54) is 0 Å². The highest BCUT2D eigenvalue weighted by molar-refractivity contribution is 7.90. The first-order valence-corrected chi connectivity index (χ1v) is 6.54. The van der Waals surface area contributed by atoms with Gasteiger partial charge in [0, 0.05) is 6.26 Å². The van der Waals surface area contributed by atoms with Crippen molar-refractivity contribution in [1.29, 1.82) is 0 Å². The lowest BCUT2D eigenvalue weighted by Gasteiger charge is -2.04. The molecule has 0 unspecified atom stereocenters. The van der Waals surface area contributed by atoms with E-state index in [0.717, 1.165) is 10.9 Å². The number of nitrogens with zero attached hydrogens (tertiary/aromatic N) is 4. The van der Waals surface area contributed by atoms with Gasteiger partial charge in [-0.3, -0.25) is 0 Å².